The van der Waals surface area contributed by atoms with Crippen molar-refractivity contribution in [2.45, 2.75) is 13.0 Å². The van der Waals surface area contributed by atoms with E-state index in [0.717, 1.165) is 10.0 Å². The Hall–Kier alpha value is -1.21. The summed E-state index contributed by atoms with van der Waals surface area (Å²) < 4.78 is 11.2. The van der Waals surface area contributed by atoms with E-state index in [0.29, 0.717) is 11.5 Å². The van der Waals surface area contributed by atoms with Crippen molar-refractivity contribution < 1.29 is 9.47 Å². The Morgan fingerprint density at radius 3 is 2.33 bits per heavy atom. The summed E-state index contributed by atoms with van der Waals surface area (Å²) in [5.74, 6) is 1.38. The summed E-state index contributed by atoms with van der Waals surface area (Å²) in [4.78, 5) is 3.47. The van der Waals surface area contributed by atoms with Crippen LogP contribution in [0, 0.1) is 6.57 Å². The summed E-state index contributed by atoms with van der Waals surface area (Å²) in [5, 5.41) is 0. The highest BCUT2D eigenvalue weighted by atomic mass is 79.9. The molecule has 0 saturated heterocycles. The molecule has 0 fully saturated rings. The van der Waals surface area contributed by atoms with Gasteiger partial charge in [-0.2, -0.15) is 0 Å². The van der Waals surface area contributed by atoms with E-state index in [4.69, 9.17) is 16.0 Å². The molecule has 1 aromatic rings. The van der Waals surface area contributed by atoms with Crippen LogP contribution < -0.4 is 9.47 Å². The van der Waals surface area contributed by atoms with Crippen LogP contribution in [0.2, 0.25) is 0 Å². The Labute approximate surface area is 98.0 Å². The maximum atomic E-state index is 7.01. The lowest BCUT2D eigenvalue weighted by atomic mass is 10.1. The van der Waals surface area contributed by atoms with Crippen LogP contribution in [-0.2, 0) is 0 Å². The number of rotatable bonds is 3. The lowest BCUT2D eigenvalue weighted by Crippen LogP contribution is -1.96. The molecule has 0 aliphatic carbocycles. The first kappa shape index (κ1) is 11.9. The van der Waals surface area contributed by atoms with Gasteiger partial charge in [-0.1, -0.05) is 0 Å². The number of benzene rings is 1. The van der Waals surface area contributed by atoms with Gasteiger partial charge in [0.2, 0.25) is 6.04 Å². The molecule has 0 heterocycles. The molecule has 0 spiro atoms. The molecule has 0 saturated carbocycles. The molecule has 0 N–H and O–H groups in total. The van der Waals surface area contributed by atoms with Crippen molar-refractivity contribution in [1.29, 1.82) is 0 Å². The van der Waals surface area contributed by atoms with E-state index in [-0.39, 0.29) is 6.04 Å². The molecule has 1 atom stereocenters. The monoisotopic (exact) mass is 269 g/mol. The van der Waals surface area contributed by atoms with Gasteiger partial charge >= 0.3 is 0 Å². The van der Waals surface area contributed by atoms with Gasteiger partial charge in [-0.15, -0.1) is 0 Å². The maximum Gasteiger partial charge on any atom is 0.249 e. The van der Waals surface area contributed by atoms with Crippen LogP contribution in [0.1, 0.15) is 18.5 Å². The van der Waals surface area contributed by atoms with Crippen LogP contribution in [0.25, 0.3) is 4.85 Å². The molecule has 80 valence electrons. The molecule has 3 nitrogen and oxygen atoms in total. The fraction of sp³-hybridized carbons (Fsp3) is 0.364. The molecule has 1 aromatic carbocycles. The third-order valence-corrected chi connectivity index (χ3v) is 2.77. The molecule has 4 heteroatoms. The Balaban J connectivity index is 3.28. The fourth-order valence-electron chi connectivity index (χ4n) is 1.28. The third-order valence-electron chi connectivity index (χ3n) is 2.15. The Bertz CT molecular complexity index is 398. The average molecular weight is 270 g/mol. The molecule has 1 unspecified atom stereocenters. The highest BCUT2D eigenvalue weighted by molar-refractivity contribution is 9.10. The lowest BCUT2D eigenvalue weighted by molar-refractivity contribution is 0.388. The first-order chi connectivity index (χ1) is 7.13. The standard InChI is InChI=1S/C11H12BrNO2/c1-7(13-2)8-5-9(12)11(15-4)6-10(8)14-3/h5-7H,1,3-4H3. The van der Waals surface area contributed by atoms with Gasteiger partial charge in [0.15, 0.2) is 0 Å². The Morgan fingerprint density at radius 1 is 1.27 bits per heavy atom. The van der Waals surface area contributed by atoms with Crippen LogP contribution in [0.5, 0.6) is 11.5 Å². The normalized spacial score (nSPS) is 11.7. The molecule has 0 amide bonds. The predicted molar refractivity (Wildman–Crippen MR) is 62.3 cm³/mol. The zero-order valence-electron chi connectivity index (χ0n) is 8.87. The molecular weight excluding hydrogens is 258 g/mol. The van der Waals surface area contributed by atoms with Gasteiger partial charge in [0, 0.05) is 13.0 Å². The third kappa shape index (κ3) is 2.42. The fourth-order valence-corrected chi connectivity index (χ4v) is 1.80. The van der Waals surface area contributed by atoms with Gasteiger partial charge in [-0.25, -0.2) is 6.57 Å². The second kappa shape index (κ2) is 5.04. The summed E-state index contributed by atoms with van der Waals surface area (Å²) in [7, 11) is 3.18. The van der Waals surface area contributed by atoms with Crippen molar-refractivity contribution in [3.8, 4) is 11.5 Å². The second-order valence-corrected chi connectivity index (χ2v) is 3.89. The van der Waals surface area contributed by atoms with Crippen LogP contribution in [0.15, 0.2) is 16.6 Å². The van der Waals surface area contributed by atoms with Gasteiger partial charge in [0.25, 0.3) is 0 Å². The van der Waals surface area contributed by atoms with Crippen molar-refractivity contribution in [2.75, 3.05) is 14.2 Å². The Morgan fingerprint density at radius 2 is 1.87 bits per heavy atom. The van der Waals surface area contributed by atoms with Gasteiger partial charge in [0.05, 0.1) is 24.3 Å². The zero-order valence-corrected chi connectivity index (χ0v) is 10.5. The van der Waals surface area contributed by atoms with Crippen molar-refractivity contribution in [2.24, 2.45) is 0 Å². The minimum absolute atomic E-state index is 0.220. The first-order valence-electron chi connectivity index (χ1n) is 4.42. The minimum atomic E-state index is -0.220. The van der Waals surface area contributed by atoms with E-state index in [1.54, 1.807) is 20.3 Å². The SMILES string of the molecule is [C-]#[N+]C(C)c1cc(Br)c(OC)cc1OC. The molecule has 0 bridgehead atoms. The second-order valence-electron chi connectivity index (χ2n) is 3.03. The van der Waals surface area contributed by atoms with Crippen LogP contribution in [0.3, 0.4) is 0 Å². The smallest absolute Gasteiger partial charge is 0.249 e. The number of ether oxygens (including phenoxy) is 2. The molecule has 0 aromatic heterocycles. The minimum Gasteiger partial charge on any atom is -0.496 e. The van der Waals surface area contributed by atoms with E-state index in [1.165, 1.54) is 0 Å². The number of hydrogen-bond donors (Lipinski definition) is 0. The van der Waals surface area contributed by atoms with E-state index in [9.17, 15) is 0 Å². The highest BCUT2D eigenvalue weighted by Crippen LogP contribution is 2.36. The van der Waals surface area contributed by atoms with Crippen molar-refractivity contribution in [3.05, 3.63) is 33.6 Å². The molecule has 0 aliphatic heterocycles. The number of hydrogen-bond acceptors (Lipinski definition) is 2. The van der Waals surface area contributed by atoms with Gasteiger partial charge in [-0.3, -0.25) is 0 Å². The number of nitrogens with zero attached hydrogens (tertiary/aromatic N) is 1. The van der Waals surface area contributed by atoms with Gasteiger partial charge < -0.3 is 14.3 Å². The summed E-state index contributed by atoms with van der Waals surface area (Å²) >= 11 is 3.38. The van der Waals surface area contributed by atoms with Crippen molar-refractivity contribution in [1.82, 2.24) is 0 Å². The van der Waals surface area contributed by atoms with Crippen LogP contribution >= 0.6 is 15.9 Å². The average Bonchev–Trinajstić information content (AvgIpc) is 2.27. The maximum absolute atomic E-state index is 7.01. The molecule has 15 heavy (non-hydrogen) atoms. The first-order valence-corrected chi connectivity index (χ1v) is 5.21. The van der Waals surface area contributed by atoms with Crippen molar-refractivity contribution in [3.63, 3.8) is 0 Å². The van der Waals surface area contributed by atoms with Crippen LogP contribution in [0.4, 0.5) is 0 Å². The highest BCUT2D eigenvalue weighted by Gasteiger charge is 2.17. The predicted octanol–water partition coefficient (Wildman–Crippen LogP) is 3.45. The Kier molecular flexibility index (Phi) is 3.98. The van der Waals surface area contributed by atoms with E-state index in [1.807, 2.05) is 13.0 Å². The number of halogens is 1. The molecular formula is C11H12BrNO2. The van der Waals surface area contributed by atoms with E-state index < -0.39 is 0 Å². The topological polar surface area (TPSA) is 22.8 Å². The zero-order chi connectivity index (χ0) is 11.4. The molecule has 0 aliphatic rings. The summed E-state index contributed by atoms with van der Waals surface area (Å²) in [6.07, 6.45) is 0. The lowest BCUT2D eigenvalue weighted by Gasteiger charge is -2.11. The van der Waals surface area contributed by atoms with Crippen LogP contribution in [-0.4, -0.2) is 14.2 Å². The van der Waals surface area contributed by atoms with Gasteiger partial charge in [-0.05, 0) is 22.0 Å². The van der Waals surface area contributed by atoms with E-state index in [2.05, 4.69) is 20.8 Å². The summed E-state index contributed by atoms with van der Waals surface area (Å²) in [6.45, 7) is 8.85. The summed E-state index contributed by atoms with van der Waals surface area (Å²) in [6, 6.07) is 3.42. The number of methoxy groups -OCH3 is 2. The molecule has 0 radical (unpaired) electrons. The summed E-state index contributed by atoms with van der Waals surface area (Å²) in [5.41, 5.74) is 0.861. The van der Waals surface area contributed by atoms with Gasteiger partial charge in [0.1, 0.15) is 11.5 Å². The quantitative estimate of drug-likeness (QED) is 0.785. The van der Waals surface area contributed by atoms with E-state index >= 15 is 0 Å². The largest absolute Gasteiger partial charge is 0.496 e. The van der Waals surface area contributed by atoms with Crippen molar-refractivity contribution >= 4 is 15.9 Å². The molecule has 1 rings (SSSR count).